The molecule has 1 heterocycles. The predicted octanol–water partition coefficient (Wildman–Crippen LogP) is 4.21. The molecule has 1 aromatic heterocycles. The Morgan fingerprint density at radius 1 is 1.03 bits per heavy atom. The third-order valence-electron chi connectivity index (χ3n) is 4.81. The minimum Gasteiger partial charge on any atom is -0.497 e. The van der Waals surface area contributed by atoms with Crippen molar-refractivity contribution >= 4 is 39.9 Å². The van der Waals surface area contributed by atoms with Crippen LogP contribution in [0.15, 0.2) is 53.9 Å². The number of carbonyl (C=O) groups is 3. The average molecular weight is 499 g/mol. The molecule has 2 aromatic carbocycles. The van der Waals surface area contributed by atoms with Crippen LogP contribution in [0.4, 0.5) is 15.2 Å². The van der Waals surface area contributed by atoms with Crippen LogP contribution in [0.2, 0.25) is 0 Å². The number of methoxy groups -OCH3 is 1. The summed E-state index contributed by atoms with van der Waals surface area (Å²) < 4.78 is 18.1. The number of ether oxygens (including phenoxy) is 1. The van der Waals surface area contributed by atoms with Crippen LogP contribution in [0.5, 0.6) is 5.75 Å². The molecule has 0 fully saturated rings. The van der Waals surface area contributed by atoms with E-state index in [9.17, 15) is 18.8 Å². The third-order valence-corrected chi connectivity index (χ3v) is 5.62. The van der Waals surface area contributed by atoms with Gasteiger partial charge in [-0.25, -0.2) is 9.37 Å². The van der Waals surface area contributed by atoms with Crippen molar-refractivity contribution < 1.29 is 23.5 Å². The van der Waals surface area contributed by atoms with Gasteiger partial charge in [-0.05, 0) is 54.4 Å². The fourth-order valence-corrected chi connectivity index (χ4v) is 3.98. The summed E-state index contributed by atoms with van der Waals surface area (Å²) in [6.07, 6.45) is -0.000817. The average Bonchev–Trinajstić information content (AvgIpc) is 3.25. The molecule has 184 valence electrons. The topological polar surface area (TPSA) is 101 Å². The number of hydrogen-bond acceptors (Lipinski definition) is 6. The van der Waals surface area contributed by atoms with Crippen molar-refractivity contribution in [1.82, 2.24) is 9.88 Å². The molecule has 10 heteroatoms. The van der Waals surface area contributed by atoms with Crippen LogP contribution < -0.4 is 15.4 Å². The highest BCUT2D eigenvalue weighted by molar-refractivity contribution is 7.13. The Balaban J connectivity index is 1.57. The Labute approximate surface area is 207 Å². The zero-order chi connectivity index (χ0) is 25.4. The van der Waals surface area contributed by atoms with E-state index >= 15 is 0 Å². The second-order valence-corrected chi connectivity index (χ2v) is 9.09. The molecule has 8 nitrogen and oxygen atoms in total. The SMILES string of the molecule is COc1ccc(C(=O)N(CC(=O)Nc2nc(CC(=O)Nc3ccc(F)cc3)cs2)CC(C)C)cc1. The van der Waals surface area contributed by atoms with Crippen molar-refractivity contribution in [1.29, 1.82) is 0 Å². The number of carbonyl (C=O) groups excluding carboxylic acids is 3. The standard InChI is InChI=1S/C25H27FN4O4S/c1-16(2)13-30(24(33)17-4-10-21(34-3)11-5-17)14-23(32)29-25-28-20(15-35-25)12-22(31)27-19-8-6-18(26)7-9-19/h4-11,15-16H,12-14H2,1-3H3,(H,27,31)(H,28,29,32). The molecule has 3 rings (SSSR count). The predicted molar refractivity (Wildman–Crippen MR) is 133 cm³/mol. The highest BCUT2D eigenvalue weighted by atomic mass is 32.1. The van der Waals surface area contributed by atoms with Crippen LogP contribution in [0, 0.1) is 11.7 Å². The van der Waals surface area contributed by atoms with Crippen LogP contribution in [0.3, 0.4) is 0 Å². The number of benzene rings is 2. The zero-order valence-corrected chi connectivity index (χ0v) is 20.5. The van der Waals surface area contributed by atoms with Gasteiger partial charge in [-0.15, -0.1) is 11.3 Å². The highest BCUT2D eigenvalue weighted by Crippen LogP contribution is 2.18. The molecule has 0 aliphatic rings. The summed E-state index contributed by atoms with van der Waals surface area (Å²) in [6, 6.07) is 12.2. The Kier molecular flexibility index (Phi) is 8.91. The van der Waals surface area contributed by atoms with E-state index in [0.29, 0.717) is 34.4 Å². The van der Waals surface area contributed by atoms with Gasteiger partial charge in [0.2, 0.25) is 11.8 Å². The molecular formula is C25H27FN4O4S. The zero-order valence-electron chi connectivity index (χ0n) is 19.7. The summed E-state index contributed by atoms with van der Waals surface area (Å²) >= 11 is 1.19. The van der Waals surface area contributed by atoms with Crippen molar-refractivity contribution in [2.24, 2.45) is 5.92 Å². The van der Waals surface area contributed by atoms with Crippen molar-refractivity contribution in [3.05, 3.63) is 71.0 Å². The molecule has 0 atom stereocenters. The van der Waals surface area contributed by atoms with Crippen molar-refractivity contribution in [3.63, 3.8) is 0 Å². The quantitative estimate of drug-likeness (QED) is 0.436. The van der Waals surface area contributed by atoms with E-state index in [4.69, 9.17) is 4.74 Å². The summed E-state index contributed by atoms with van der Waals surface area (Å²) in [4.78, 5) is 43.7. The number of hydrogen-bond donors (Lipinski definition) is 2. The number of nitrogens with one attached hydrogen (secondary N) is 2. The second-order valence-electron chi connectivity index (χ2n) is 8.23. The van der Waals surface area contributed by atoms with Crippen LogP contribution in [0.1, 0.15) is 29.9 Å². The molecule has 3 aromatic rings. The van der Waals surface area contributed by atoms with E-state index in [2.05, 4.69) is 15.6 Å². The van der Waals surface area contributed by atoms with Crippen LogP contribution in [0.25, 0.3) is 0 Å². The van der Waals surface area contributed by atoms with Gasteiger partial charge in [0.25, 0.3) is 5.91 Å². The Morgan fingerprint density at radius 2 is 1.71 bits per heavy atom. The van der Waals surface area contributed by atoms with Gasteiger partial charge in [-0.1, -0.05) is 13.8 Å². The molecule has 0 unspecified atom stereocenters. The van der Waals surface area contributed by atoms with Crippen LogP contribution in [-0.4, -0.2) is 47.8 Å². The summed E-state index contributed by atoms with van der Waals surface area (Å²) in [5, 5.41) is 7.38. The minimum atomic E-state index is -0.388. The number of halogens is 1. The fourth-order valence-electron chi connectivity index (χ4n) is 3.26. The largest absolute Gasteiger partial charge is 0.497 e. The van der Waals surface area contributed by atoms with Gasteiger partial charge in [-0.3, -0.25) is 14.4 Å². The number of amides is 3. The lowest BCUT2D eigenvalue weighted by Crippen LogP contribution is -2.40. The first-order chi connectivity index (χ1) is 16.7. The van der Waals surface area contributed by atoms with Crippen molar-refractivity contribution in [2.75, 3.05) is 30.8 Å². The molecule has 35 heavy (non-hydrogen) atoms. The molecule has 2 N–H and O–H groups in total. The van der Waals surface area contributed by atoms with E-state index in [1.54, 1.807) is 36.8 Å². The number of anilines is 2. The van der Waals surface area contributed by atoms with E-state index in [-0.39, 0.29) is 42.4 Å². The normalized spacial score (nSPS) is 10.7. The maximum atomic E-state index is 13.0. The first kappa shape index (κ1) is 25.8. The molecule has 0 radical (unpaired) electrons. The second kappa shape index (κ2) is 12.1. The smallest absolute Gasteiger partial charge is 0.254 e. The molecule has 0 aliphatic heterocycles. The van der Waals surface area contributed by atoms with Gasteiger partial charge in [-0.2, -0.15) is 0 Å². The molecule has 0 saturated carbocycles. The number of nitrogens with zero attached hydrogens (tertiary/aromatic N) is 2. The number of thiazole rings is 1. The van der Waals surface area contributed by atoms with Crippen LogP contribution in [-0.2, 0) is 16.0 Å². The lowest BCUT2D eigenvalue weighted by molar-refractivity contribution is -0.117. The summed E-state index contributed by atoms with van der Waals surface area (Å²) in [7, 11) is 1.55. The van der Waals surface area contributed by atoms with Gasteiger partial charge in [0.05, 0.1) is 19.2 Å². The molecule has 3 amide bonds. The van der Waals surface area contributed by atoms with Crippen molar-refractivity contribution in [2.45, 2.75) is 20.3 Å². The monoisotopic (exact) mass is 498 g/mol. The number of aromatic nitrogens is 1. The third kappa shape index (κ3) is 7.89. The van der Waals surface area contributed by atoms with Gasteiger partial charge in [0.1, 0.15) is 18.1 Å². The summed E-state index contributed by atoms with van der Waals surface area (Å²) in [5.74, 6) is -0.539. The highest BCUT2D eigenvalue weighted by Gasteiger charge is 2.21. The minimum absolute atomic E-state index is 0.000817. The van der Waals surface area contributed by atoms with Gasteiger partial charge in [0.15, 0.2) is 5.13 Å². The maximum Gasteiger partial charge on any atom is 0.254 e. The lowest BCUT2D eigenvalue weighted by Gasteiger charge is -2.24. The molecule has 0 bridgehead atoms. The van der Waals surface area contributed by atoms with Crippen LogP contribution >= 0.6 is 11.3 Å². The summed E-state index contributed by atoms with van der Waals surface area (Å²) in [5.41, 5.74) is 1.42. The fraction of sp³-hybridized carbons (Fsp3) is 0.280. The number of rotatable bonds is 10. The Hall–Kier alpha value is -3.79. The molecule has 0 spiro atoms. The van der Waals surface area contributed by atoms with E-state index in [1.165, 1.54) is 40.5 Å². The lowest BCUT2D eigenvalue weighted by atomic mass is 10.1. The van der Waals surface area contributed by atoms with Gasteiger partial charge in [0, 0.05) is 23.2 Å². The molecule has 0 aliphatic carbocycles. The first-order valence-corrected chi connectivity index (χ1v) is 11.8. The van der Waals surface area contributed by atoms with E-state index < -0.39 is 0 Å². The molecular weight excluding hydrogens is 471 g/mol. The maximum absolute atomic E-state index is 13.0. The van der Waals surface area contributed by atoms with Crippen molar-refractivity contribution in [3.8, 4) is 5.75 Å². The first-order valence-electron chi connectivity index (χ1n) is 11.0. The van der Waals surface area contributed by atoms with Gasteiger partial charge < -0.3 is 20.3 Å². The summed E-state index contributed by atoms with van der Waals surface area (Å²) in [6.45, 7) is 4.21. The Bertz CT molecular complexity index is 1160. The molecule has 0 saturated heterocycles. The van der Waals surface area contributed by atoms with Gasteiger partial charge >= 0.3 is 0 Å². The van der Waals surface area contributed by atoms with E-state index in [1.807, 2.05) is 13.8 Å². The van der Waals surface area contributed by atoms with E-state index in [0.717, 1.165) is 0 Å². The Morgan fingerprint density at radius 3 is 2.34 bits per heavy atom.